The first-order valence-electron chi connectivity index (χ1n) is 6.11. The third-order valence-electron chi connectivity index (χ3n) is 2.58. The van der Waals surface area contributed by atoms with Crippen LogP contribution in [0, 0.1) is 5.82 Å². The van der Waals surface area contributed by atoms with Gasteiger partial charge in [-0.3, -0.25) is 0 Å². The van der Waals surface area contributed by atoms with Crippen LogP contribution in [0.5, 0.6) is 0 Å². The number of anilines is 1. The quantitative estimate of drug-likeness (QED) is 0.688. The van der Waals surface area contributed by atoms with Crippen LogP contribution in [0.1, 0.15) is 17.3 Å². The van der Waals surface area contributed by atoms with E-state index in [2.05, 4.69) is 0 Å². The van der Waals surface area contributed by atoms with Gasteiger partial charge < -0.3 is 10.5 Å². The molecule has 2 N–H and O–H groups in total. The average Bonchev–Trinajstić information content (AvgIpc) is 2.43. The van der Waals surface area contributed by atoms with Crippen LogP contribution < -0.4 is 5.73 Å². The minimum Gasteiger partial charge on any atom is -0.462 e. The summed E-state index contributed by atoms with van der Waals surface area (Å²) in [5.41, 5.74) is 6.41. The van der Waals surface area contributed by atoms with Crippen molar-refractivity contribution in [3.05, 3.63) is 53.8 Å². The van der Waals surface area contributed by atoms with Gasteiger partial charge in [0.1, 0.15) is 5.82 Å². The normalized spacial score (nSPS) is 10.3. The summed E-state index contributed by atoms with van der Waals surface area (Å²) in [5.74, 6) is -0.770. The van der Waals surface area contributed by atoms with Crippen molar-refractivity contribution in [2.24, 2.45) is 0 Å². The molecule has 0 bridgehead atoms. The Morgan fingerprint density at radius 2 is 2.05 bits per heavy atom. The number of hydrogen-bond acceptors (Lipinski definition) is 4. The molecule has 0 aliphatic rings. The van der Waals surface area contributed by atoms with Crippen molar-refractivity contribution < 1.29 is 13.9 Å². The highest BCUT2D eigenvalue weighted by Crippen LogP contribution is 2.31. The number of halogens is 1. The van der Waals surface area contributed by atoms with E-state index in [0.717, 1.165) is 4.90 Å². The van der Waals surface area contributed by atoms with Gasteiger partial charge in [-0.2, -0.15) is 0 Å². The molecule has 0 atom stereocenters. The zero-order valence-electron chi connectivity index (χ0n) is 10.9. The van der Waals surface area contributed by atoms with Crippen LogP contribution in [0.15, 0.2) is 52.3 Å². The smallest absolute Gasteiger partial charge is 0.340 e. The second-order valence-corrected chi connectivity index (χ2v) is 5.12. The maximum atomic E-state index is 13.6. The van der Waals surface area contributed by atoms with Gasteiger partial charge in [-0.15, -0.1) is 0 Å². The highest BCUT2D eigenvalue weighted by atomic mass is 32.2. The maximum Gasteiger partial charge on any atom is 0.340 e. The van der Waals surface area contributed by atoms with E-state index in [0.29, 0.717) is 16.1 Å². The van der Waals surface area contributed by atoms with Crippen LogP contribution in [-0.2, 0) is 4.74 Å². The molecule has 20 heavy (non-hydrogen) atoms. The SMILES string of the molecule is CCOC(=O)c1cc(Sc2ccccc2F)ccc1N. The fraction of sp³-hybridized carbons (Fsp3) is 0.133. The van der Waals surface area contributed by atoms with Crippen molar-refractivity contribution in [2.45, 2.75) is 16.7 Å². The van der Waals surface area contributed by atoms with Gasteiger partial charge in [-0.25, -0.2) is 9.18 Å². The molecule has 0 aromatic heterocycles. The van der Waals surface area contributed by atoms with Crippen molar-refractivity contribution in [1.29, 1.82) is 0 Å². The summed E-state index contributed by atoms with van der Waals surface area (Å²) in [4.78, 5) is 13.0. The Morgan fingerprint density at radius 1 is 1.30 bits per heavy atom. The molecule has 0 amide bonds. The first-order chi connectivity index (χ1) is 9.61. The predicted molar refractivity (Wildman–Crippen MR) is 77.3 cm³/mol. The molecule has 0 aliphatic carbocycles. The third kappa shape index (κ3) is 3.30. The Bertz CT molecular complexity index is 631. The molecular formula is C15H14FNO2S. The molecule has 3 nitrogen and oxygen atoms in total. The van der Waals surface area contributed by atoms with E-state index in [1.165, 1.54) is 17.8 Å². The summed E-state index contributed by atoms with van der Waals surface area (Å²) < 4.78 is 18.5. The Labute approximate surface area is 120 Å². The standard InChI is InChI=1S/C15H14FNO2S/c1-2-19-15(18)11-9-10(7-8-13(11)17)20-14-6-4-3-5-12(14)16/h3-9H,2,17H2,1H3. The molecule has 0 saturated heterocycles. The van der Waals surface area contributed by atoms with Crippen molar-refractivity contribution in [2.75, 3.05) is 12.3 Å². The summed E-state index contributed by atoms with van der Waals surface area (Å²) >= 11 is 1.23. The zero-order valence-corrected chi connectivity index (χ0v) is 11.7. The number of rotatable bonds is 4. The monoisotopic (exact) mass is 291 g/mol. The molecule has 2 aromatic carbocycles. The number of nitrogen functional groups attached to an aromatic ring is 1. The van der Waals surface area contributed by atoms with Crippen LogP contribution in [0.3, 0.4) is 0 Å². The van der Waals surface area contributed by atoms with Crippen LogP contribution in [0.4, 0.5) is 10.1 Å². The summed E-state index contributed by atoms with van der Waals surface area (Å²) in [6.45, 7) is 2.01. The largest absolute Gasteiger partial charge is 0.462 e. The third-order valence-corrected chi connectivity index (χ3v) is 3.63. The fourth-order valence-electron chi connectivity index (χ4n) is 1.64. The van der Waals surface area contributed by atoms with Gasteiger partial charge in [-0.05, 0) is 37.3 Å². The second kappa shape index (κ2) is 6.43. The van der Waals surface area contributed by atoms with E-state index in [1.54, 1.807) is 43.3 Å². The molecule has 0 radical (unpaired) electrons. The average molecular weight is 291 g/mol. The lowest BCUT2D eigenvalue weighted by molar-refractivity contribution is 0.0527. The minimum absolute atomic E-state index is 0.281. The molecule has 5 heteroatoms. The molecule has 0 saturated carbocycles. The lowest BCUT2D eigenvalue weighted by atomic mass is 10.2. The summed E-state index contributed by atoms with van der Waals surface area (Å²) in [6.07, 6.45) is 0. The van der Waals surface area contributed by atoms with Gasteiger partial charge in [-0.1, -0.05) is 23.9 Å². The van der Waals surface area contributed by atoms with Crippen LogP contribution in [0.25, 0.3) is 0 Å². The molecule has 0 heterocycles. The molecule has 2 rings (SSSR count). The molecule has 0 fully saturated rings. The van der Waals surface area contributed by atoms with Gasteiger partial charge in [0.15, 0.2) is 0 Å². The Kier molecular flexibility index (Phi) is 4.63. The number of nitrogens with two attached hydrogens (primary N) is 1. The summed E-state index contributed by atoms with van der Waals surface area (Å²) in [5, 5.41) is 0. The fourth-order valence-corrected chi connectivity index (χ4v) is 2.52. The van der Waals surface area contributed by atoms with Gasteiger partial charge in [0.05, 0.1) is 12.2 Å². The van der Waals surface area contributed by atoms with E-state index >= 15 is 0 Å². The first kappa shape index (κ1) is 14.4. The van der Waals surface area contributed by atoms with Crippen molar-refractivity contribution >= 4 is 23.4 Å². The molecular weight excluding hydrogens is 277 g/mol. The van der Waals surface area contributed by atoms with E-state index in [9.17, 15) is 9.18 Å². The van der Waals surface area contributed by atoms with Crippen molar-refractivity contribution in [3.63, 3.8) is 0 Å². The van der Waals surface area contributed by atoms with Gasteiger partial charge >= 0.3 is 5.97 Å². The minimum atomic E-state index is -0.471. The van der Waals surface area contributed by atoms with E-state index in [4.69, 9.17) is 10.5 Å². The number of benzene rings is 2. The first-order valence-corrected chi connectivity index (χ1v) is 6.92. The van der Waals surface area contributed by atoms with Gasteiger partial charge in [0, 0.05) is 15.5 Å². The molecule has 0 unspecified atom stereocenters. The second-order valence-electron chi connectivity index (χ2n) is 4.00. The summed E-state index contributed by atoms with van der Waals surface area (Å²) in [7, 11) is 0. The predicted octanol–water partition coefficient (Wildman–Crippen LogP) is 3.74. The Morgan fingerprint density at radius 3 is 2.75 bits per heavy atom. The van der Waals surface area contributed by atoms with E-state index < -0.39 is 5.97 Å². The van der Waals surface area contributed by atoms with Crippen LogP contribution in [-0.4, -0.2) is 12.6 Å². The number of esters is 1. The summed E-state index contributed by atoms with van der Waals surface area (Å²) in [6, 6.07) is 11.4. The van der Waals surface area contributed by atoms with Crippen LogP contribution >= 0.6 is 11.8 Å². The molecule has 104 valence electrons. The topological polar surface area (TPSA) is 52.3 Å². The Hall–Kier alpha value is -2.01. The van der Waals surface area contributed by atoms with E-state index in [1.807, 2.05) is 0 Å². The number of ether oxygens (including phenoxy) is 1. The molecule has 0 aliphatic heterocycles. The Balaban J connectivity index is 2.28. The lowest BCUT2D eigenvalue weighted by Crippen LogP contribution is -2.07. The van der Waals surface area contributed by atoms with Crippen molar-refractivity contribution in [3.8, 4) is 0 Å². The molecule has 0 spiro atoms. The lowest BCUT2D eigenvalue weighted by Gasteiger charge is -2.08. The highest BCUT2D eigenvalue weighted by Gasteiger charge is 2.12. The van der Waals surface area contributed by atoms with Crippen molar-refractivity contribution in [1.82, 2.24) is 0 Å². The maximum absolute atomic E-state index is 13.6. The number of carbonyl (C=O) groups is 1. The number of hydrogen-bond donors (Lipinski definition) is 1. The van der Waals surface area contributed by atoms with E-state index in [-0.39, 0.29) is 12.4 Å². The van der Waals surface area contributed by atoms with Gasteiger partial charge in [0.2, 0.25) is 0 Å². The zero-order chi connectivity index (χ0) is 14.5. The number of carbonyl (C=O) groups excluding carboxylic acids is 1. The highest BCUT2D eigenvalue weighted by molar-refractivity contribution is 7.99. The van der Waals surface area contributed by atoms with Gasteiger partial charge in [0.25, 0.3) is 0 Å². The van der Waals surface area contributed by atoms with Crippen LogP contribution in [0.2, 0.25) is 0 Å². The molecule has 2 aromatic rings.